The predicted octanol–water partition coefficient (Wildman–Crippen LogP) is 0.493. The summed E-state index contributed by atoms with van der Waals surface area (Å²) in [5, 5.41) is 2.56. The number of amides is 2. The second kappa shape index (κ2) is 7.10. The van der Waals surface area contributed by atoms with E-state index >= 15 is 0 Å². The standard InChI is InChI=1S/C12H17N3O4/c1-2-18-9-5-3-4-8(13)10(9)11(16)15-6-7-19-12(14)17/h3-5H,2,6-7,13H2,1H3,(H2,14,17)(H,15,16). The highest BCUT2D eigenvalue weighted by molar-refractivity contribution is 6.01. The van der Waals surface area contributed by atoms with Gasteiger partial charge in [-0.2, -0.15) is 0 Å². The molecule has 0 saturated carbocycles. The van der Waals surface area contributed by atoms with Gasteiger partial charge in [0.25, 0.3) is 5.91 Å². The quantitative estimate of drug-likeness (QED) is 0.512. The van der Waals surface area contributed by atoms with Crippen LogP contribution in [0, 0.1) is 0 Å². The molecular formula is C12H17N3O4. The van der Waals surface area contributed by atoms with Crippen molar-refractivity contribution < 1.29 is 19.1 Å². The first-order valence-electron chi connectivity index (χ1n) is 5.78. The van der Waals surface area contributed by atoms with Gasteiger partial charge in [0.1, 0.15) is 17.9 Å². The first-order chi connectivity index (χ1) is 9.06. The maximum atomic E-state index is 12.0. The van der Waals surface area contributed by atoms with Crippen LogP contribution in [-0.2, 0) is 4.74 Å². The predicted molar refractivity (Wildman–Crippen MR) is 69.9 cm³/mol. The second-order valence-electron chi connectivity index (χ2n) is 3.58. The van der Waals surface area contributed by atoms with Crippen molar-refractivity contribution in [2.24, 2.45) is 5.73 Å². The summed E-state index contributed by atoms with van der Waals surface area (Å²) in [5.41, 5.74) is 11.1. The molecule has 1 rings (SSSR count). The van der Waals surface area contributed by atoms with Crippen LogP contribution in [0.25, 0.3) is 0 Å². The Kier molecular flexibility index (Phi) is 5.46. The van der Waals surface area contributed by atoms with Gasteiger partial charge in [-0.05, 0) is 19.1 Å². The van der Waals surface area contributed by atoms with E-state index in [1.165, 1.54) is 0 Å². The molecule has 2 amide bonds. The summed E-state index contributed by atoms with van der Waals surface area (Å²) >= 11 is 0. The summed E-state index contributed by atoms with van der Waals surface area (Å²) in [6.07, 6.45) is -0.886. The maximum Gasteiger partial charge on any atom is 0.404 e. The number of benzene rings is 1. The molecule has 7 heteroatoms. The van der Waals surface area contributed by atoms with Gasteiger partial charge in [-0.1, -0.05) is 6.07 Å². The number of hydrogen-bond acceptors (Lipinski definition) is 5. The van der Waals surface area contributed by atoms with E-state index < -0.39 is 12.0 Å². The van der Waals surface area contributed by atoms with Crippen LogP contribution in [0.1, 0.15) is 17.3 Å². The Balaban J connectivity index is 2.67. The van der Waals surface area contributed by atoms with E-state index in [1.807, 2.05) is 6.92 Å². The lowest BCUT2D eigenvalue weighted by Gasteiger charge is -2.12. The number of primary amides is 1. The topological polar surface area (TPSA) is 117 Å². The van der Waals surface area contributed by atoms with E-state index in [4.69, 9.17) is 16.2 Å². The van der Waals surface area contributed by atoms with Gasteiger partial charge in [0.2, 0.25) is 0 Å². The van der Waals surface area contributed by atoms with Gasteiger partial charge in [-0.3, -0.25) is 4.79 Å². The Morgan fingerprint density at radius 3 is 2.74 bits per heavy atom. The fourth-order valence-corrected chi connectivity index (χ4v) is 1.47. The van der Waals surface area contributed by atoms with Gasteiger partial charge in [0.05, 0.1) is 13.2 Å². The number of anilines is 1. The van der Waals surface area contributed by atoms with E-state index in [-0.39, 0.29) is 18.7 Å². The van der Waals surface area contributed by atoms with E-state index in [9.17, 15) is 9.59 Å². The zero-order chi connectivity index (χ0) is 14.3. The summed E-state index contributed by atoms with van der Waals surface area (Å²) in [5.74, 6) is 0.0189. The molecule has 0 fully saturated rings. The van der Waals surface area contributed by atoms with Gasteiger partial charge in [0, 0.05) is 5.69 Å². The summed E-state index contributed by atoms with van der Waals surface area (Å²) in [4.78, 5) is 22.3. The zero-order valence-electron chi connectivity index (χ0n) is 10.6. The monoisotopic (exact) mass is 267 g/mol. The fourth-order valence-electron chi connectivity index (χ4n) is 1.47. The van der Waals surface area contributed by atoms with Crippen molar-refractivity contribution in [3.05, 3.63) is 23.8 Å². The van der Waals surface area contributed by atoms with Crippen molar-refractivity contribution >= 4 is 17.7 Å². The highest BCUT2D eigenvalue weighted by Crippen LogP contribution is 2.24. The average Bonchev–Trinajstić information content (AvgIpc) is 2.35. The van der Waals surface area contributed by atoms with Crippen molar-refractivity contribution in [1.29, 1.82) is 0 Å². The van der Waals surface area contributed by atoms with E-state index in [0.29, 0.717) is 18.0 Å². The number of carbonyl (C=O) groups excluding carboxylic acids is 2. The van der Waals surface area contributed by atoms with Crippen molar-refractivity contribution in [3.63, 3.8) is 0 Å². The van der Waals surface area contributed by atoms with Crippen LogP contribution in [0.15, 0.2) is 18.2 Å². The van der Waals surface area contributed by atoms with E-state index in [0.717, 1.165) is 0 Å². The largest absolute Gasteiger partial charge is 0.493 e. The Hall–Kier alpha value is -2.44. The molecule has 0 spiro atoms. The molecule has 5 N–H and O–H groups in total. The molecule has 0 radical (unpaired) electrons. The Morgan fingerprint density at radius 2 is 2.11 bits per heavy atom. The molecule has 0 bridgehead atoms. The molecule has 0 heterocycles. The molecule has 1 aromatic carbocycles. The van der Waals surface area contributed by atoms with Crippen molar-refractivity contribution in [1.82, 2.24) is 5.32 Å². The Morgan fingerprint density at radius 1 is 1.37 bits per heavy atom. The van der Waals surface area contributed by atoms with Gasteiger partial charge in [-0.15, -0.1) is 0 Å². The maximum absolute atomic E-state index is 12.0. The molecule has 19 heavy (non-hydrogen) atoms. The second-order valence-corrected chi connectivity index (χ2v) is 3.58. The molecule has 0 aromatic heterocycles. The van der Waals surface area contributed by atoms with Crippen LogP contribution >= 0.6 is 0 Å². The SMILES string of the molecule is CCOc1cccc(N)c1C(=O)NCCOC(N)=O. The highest BCUT2D eigenvalue weighted by Gasteiger charge is 2.15. The molecule has 1 aromatic rings. The normalized spacial score (nSPS) is 9.74. The molecule has 0 atom stereocenters. The smallest absolute Gasteiger partial charge is 0.404 e. The third-order valence-corrected chi connectivity index (χ3v) is 2.22. The third-order valence-electron chi connectivity index (χ3n) is 2.22. The number of rotatable bonds is 6. The number of nitrogens with one attached hydrogen (secondary N) is 1. The van der Waals surface area contributed by atoms with E-state index in [2.05, 4.69) is 10.1 Å². The van der Waals surface area contributed by atoms with Crippen LogP contribution in [0.3, 0.4) is 0 Å². The summed E-state index contributed by atoms with van der Waals surface area (Å²) in [6, 6.07) is 4.97. The molecule has 0 aliphatic rings. The molecule has 7 nitrogen and oxygen atoms in total. The summed E-state index contributed by atoms with van der Waals surface area (Å²) in [7, 11) is 0. The highest BCUT2D eigenvalue weighted by atomic mass is 16.5. The van der Waals surface area contributed by atoms with Gasteiger partial charge < -0.3 is 26.3 Å². The van der Waals surface area contributed by atoms with Gasteiger partial charge >= 0.3 is 6.09 Å². The lowest BCUT2D eigenvalue weighted by atomic mass is 10.1. The van der Waals surface area contributed by atoms with Crippen LogP contribution in [0.4, 0.5) is 10.5 Å². The molecular weight excluding hydrogens is 250 g/mol. The van der Waals surface area contributed by atoms with Crippen molar-refractivity contribution in [2.45, 2.75) is 6.92 Å². The number of ether oxygens (including phenoxy) is 2. The Bertz CT molecular complexity index is 462. The molecule has 0 saturated heterocycles. The average molecular weight is 267 g/mol. The van der Waals surface area contributed by atoms with Gasteiger partial charge in [0.15, 0.2) is 0 Å². The first kappa shape index (κ1) is 14.6. The number of nitrogen functional groups attached to an aromatic ring is 1. The number of nitrogens with two attached hydrogens (primary N) is 2. The minimum Gasteiger partial charge on any atom is -0.493 e. The van der Waals surface area contributed by atoms with Crippen molar-refractivity contribution in [2.75, 3.05) is 25.5 Å². The fraction of sp³-hybridized carbons (Fsp3) is 0.333. The Labute approximate surface area is 110 Å². The summed E-state index contributed by atoms with van der Waals surface area (Å²) in [6.45, 7) is 2.37. The van der Waals surface area contributed by atoms with Crippen LogP contribution < -0.4 is 21.5 Å². The molecule has 0 aliphatic heterocycles. The third kappa shape index (κ3) is 4.38. The van der Waals surface area contributed by atoms with Crippen LogP contribution in [-0.4, -0.2) is 31.8 Å². The molecule has 0 unspecified atom stereocenters. The van der Waals surface area contributed by atoms with Crippen molar-refractivity contribution in [3.8, 4) is 5.75 Å². The van der Waals surface area contributed by atoms with Crippen LogP contribution in [0.2, 0.25) is 0 Å². The van der Waals surface area contributed by atoms with Gasteiger partial charge in [-0.25, -0.2) is 4.79 Å². The van der Waals surface area contributed by atoms with E-state index in [1.54, 1.807) is 18.2 Å². The number of carbonyl (C=O) groups is 2. The van der Waals surface area contributed by atoms with Crippen LogP contribution in [0.5, 0.6) is 5.75 Å². The molecule has 104 valence electrons. The first-order valence-corrected chi connectivity index (χ1v) is 5.78. The zero-order valence-corrected chi connectivity index (χ0v) is 10.6. The molecule has 0 aliphatic carbocycles. The number of hydrogen-bond donors (Lipinski definition) is 3. The minimum atomic E-state index is -0.886. The lowest BCUT2D eigenvalue weighted by molar-refractivity contribution is 0.0934. The lowest BCUT2D eigenvalue weighted by Crippen LogP contribution is -2.30. The minimum absolute atomic E-state index is 0.00220. The summed E-state index contributed by atoms with van der Waals surface area (Å²) < 4.78 is 9.84.